The van der Waals surface area contributed by atoms with Gasteiger partial charge in [-0.15, -0.1) is 0 Å². The molecule has 0 aliphatic carbocycles. The van der Waals surface area contributed by atoms with Crippen LogP contribution in [0, 0.1) is 11.3 Å². The van der Waals surface area contributed by atoms with Crippen molar-refractivity contribution in [1.29, 1.82) is 5.26 Å². The van der Waals surface area contributed by atoms with Gasteiger partial charge in [-0.2, -0.15) is 5.26 Å². The number of hydrogen-bond acceptors (Lipinski definition) is 2. The van der Waals surface area contributed by atoms with E-state index >= 15 is 0 Å². The van der Waals surface area contributed by atoms with Gasteiger partial charge in [0.2, 0.25) is 0 Å². The van der Waals surface area contributed by atoms with E-state index in [1.165, 1.54) is 0 Å². The largest absolute Gasteiger partial charge is 0.360 e. The molecule has 0 bridgehead atoms. The summed E-state index contributed by atoms with van der Waals surface area (Å²) in [6.07, 6.45) is 4.82. The minimum atomic E-state index is 0.498. The summed E-state index contributed by atoms with van der Waals surface area (Å²) < 4.78 is 0. The van der Waals surface area contributed by atoms with Crippen LogP contribution in [0.1, 0.15) is 12.2 Å². The number of aromatic nitrogens is 3. The van der Waals surface area contributed by atoms with Gasteiger partial charge in [-0.1, -0.05) is 0 Å². The van der Waals surface area contributed by atoms with Crippen molar-refractivity contribution in [3.63, 3.8) is 0 Å². The molecule has 2 heterocycles. The van der Waals surface area contributed by atoms with E-state index in [1.54, 1.807) is 6.20 Å². The Hall–Kier alpha value is -2.02. The van der Waals surface area contributed by atoms with Crippen LogP contribution in [0.25, 0.3) is 11.4 Å². The highest BCUT2D eigenvalue weighted by Gasteiger charge is 2.02. The SMILES string of the molecule is N#CCCc1ncc(-c2ccc[nH]2)[nH]1. The Bertz CT molecular complexity index is 433. The molecule has 70 valence electrons. The van der Waals surface area contributed by atoms with E-state index in [0.29, 0.717) is 12.8 Å². The van der Waals surface area contributed by atoms with Crippen molar-refractivity contribution in [1.82, 2.24) is 15.0 Å². The number of imidazole rings is 1. The lowest BCUT2D eigenvalue weighted by atomic mass is 10.3. The Morgan fingerprint density at radius 2 is 2.36 bits per heavy atom. The Morgan fingerprint density at radius 1 is 1.43 bits per heavy atom. The Kier molecular flexibility index (Phi) is 2.32. The van der Waals surface area contributed by atoms with E-state index in [9.17, 15) is 0 Å². The molecule has 0 atom stereocenters. The van der Waals surface area contributed by atoms with Crippen LogP contribution >= 0.6 is 0 Å². The van der Waals surface area contributed by atoms with Crippen LogP contribution in [0.3, 0.4) is 0 Å². The number of nitrogens with one attached hydrogen (secondary N) is 2. The van der Waals surface area contributed by atoms with E-state index in [2.05, 4.69) is 21.0 Å². The summed E-state index contributed by atoms with van der Waals surface area (Å²) in [5, 5.41) is 8.42. The van der Waals surface area contributed by atoms with Crippen LogP contribution < -0.4 is 0 Å². The molecule has 2 N–H and O–H groups in total. The Labute approximate surface area is 81.6 Å². The molecule has 2 aromatic heterocycles. The topological polar surface area (TPSA) is 68.3 Å². The van der Waals surface area contributed by atoms with Crippen molar-refractivity contribution in [3.05, 3.63) is 30.4 Å². The van der Waals surface area contributed by atoms with Crippen LogP contribution in [0.2, 0.25) is 0 Å². The number of aryl methyl sites for hydroxylation is 1. The van der Waals surface area contributed by atoms with Gasteiger partial charge in [0.05, 0.1) is 23.7 Å². The predicted octanol–water partition coefficient (Wildman–Crippen LogP) is 1.86. The normalized spacial score (nSPS) is 9.93. The van der Waals surface area contributed by atoms with E-state index in [-0.39, 0.29) is 0 Å². The van der Waals surface area contributed by atoms with Crippen molar-refractivity contribution in [2.75, 3.05) is 0 Å². The van der Waals surface area contributed by atoms with Crippen LogP contribution in [-0.4, -0.2) is 15.0 Å². The average Bonchev–Trinajstić information content (AvgIpc) is 2.85. The summed E-state index contributed by atoms with van der Waals surface area (Å²) in [6, 6.07) is 6.00. The number of rotatable bonds is 3. The number of nitrogens with zero attached hydrogens (tertiary/aromatic N) is 2. The molecule has 0 spiro atoms. The molecule has 0 aliphatic heterocycles. The molecule has 0 saturated carbocycles. The van der Waals surface area contributed by atoms with Gasteiger partial charge in [0, 0.05) is 19.0 Å². The first-order valence-electron chi connectivity index (χ1n) is 4.45. The second kappa shape index (κ2) is 3.79. The molecule has 2 aromatic rings. The monoisotopic (exact) mass is 186 g/mol. The highest BCUT2D eigenvalue weighted by molar-refractivity contribution is 5.53. The van der Waals surface area contributed by atoms with Crippen molar-refractivity contribution in [2.45, 2.75) is 12.8 Å². The lowest BCUT2D eigenvalue weighted by Crippen LogP contribution is -1.86. The van der Waals surface area contributed by atoms with Crippen LogP contribution in [0.5, 0.6) is 0 Å². The highest BCUT2D eigenvalue weighted by atomic mass is 14.9. The fourth-order valence-corrected chi connectivity index (χ4v) is 1.30. The Morgan fingerprint density at radius 3 is 3.07 bits per heavy atom. The Balaban J connectivity index is 2.15. The molecule has 4 nitrogen and oxygen atoms in total. The average molecular weight is 186 g/mol. The molecular formula is C10H10N4. The van der Waals surface area contributed by atoms with E-state index in [0.717, 1.165) is 17.2 Å². The van der Waals surface area contributed by atoms with Gasteiger partial charge in [-0.05, 0) is 12.1 Å². The standard InChI is InChI=1S/C10H10N4/c11-5-1-4-10-13-7-9(14-10)8-3-2-6-12-8/h2-3,6-7,12H,1,4H2,(H,13,14). The first kappa shape index (κ1) is 8.57. The number of nitriles is 1. The van der Waals surface area contributed by atoms with Gasteiger partial charge in [-0.25, -0.2) is 4.98 Å². The van der Waals surface area contributed by atoms with Crippen LogP contribution in [0.15, 0.2) is 24.5 Å². The third kappa shape index (κ3) is 1.67. The van der Waals surface area contributed by atoms with Crippen molar-refractivity contribution in [2.24, 2.45) is 0 Å². The molecule has 0 aromatic carbocycles. The minimum absolute atomic E-state index is 0.498. The first-order valence-corrected chi connectivity index (χ1v) is 4.45. The fourth-order valence-electron chi connectivity index (χ4n) is 1.30. The van der Waals surface area contributed by atoms with Crippen molar-refractivity contribution >= 4 is 0 Å². The fraction of sp³-hybridized carbons (Fsp3) is 0.200. The number of H-pyrrole nitrogens is 2. The zero-order valence-corrected chi connectivity index (χ0v) is 7.62. The third-order valence-corrected chi connectivity index (χ3v) is 1.99. The summed E-state index contributed by atoms with van der Waals surface area (Å²) in [5.41, 5.74) is 1.98. The lowest BCUT2D eigenvalue weighted by molar-refractivity contribution is 0.918. The molecule has 2 rings (SSSR count). The summed E-state index contributed by atoms with van der Waals surface area (Å²) in [4.78, 5) is 10.4. The molecule has 0 radical (unpaired) electrons. The summed E-state index contributed by atoms with van der Waals surface area (Å²) in [5.74, 6) is 0.858. The maximum absolute atomic E-state index is 8.42. The van der Waals surface area contributed by atoms with Crippen LogP contribution in [-0.2, 0) is 6.42 Å². The summed E-state index contributed by atoms with van der Waals surface area (Å²) >= 11 is 0. The van der Waals surface area contributed by atoms with E-state index < -0.39 is 0 Å². The first-order chi connectivity index (χ1) is 6.90. The van der Waals surface area contributed by atoms with Crippen LogP contribution in [0.4, 0.5) is 0 Å². The second-order valence-corrected chi connectivity index (χ2v) is 2.99. The number of aromatic amines is 2. The molecule has 0 saturated heterocycles. The molecule has 0 unspecified atom stereocenters. The maximum atomic E-state index is 8.42. The highest BCUT2D eigenvalue weighted by Crippen LogP contribution is 2.14. The number of hydrogen-bond donors (Lipinski definition) is 2. The zero-order valence-electron chi connectivity index (χ0n) is 7.62. The van der Waals surface area contributed by atoms with Gasteiger partial charge in [-0.3, -0.25) is 0 Å². The molecular weight excluding hydrogens is 176 g/mol. The summed E-state index contributed by atoms with van der Waals surface area (Å²) in [6.45, 7) is 0. The van der Waals surface area contributed by atoms with Gasteiger partial charge >= 0.3 is 0 Å². The third-order valence-electron chi connectivity index (χ3n) is 1.99. The van der Waals surface area contributed by atoms with Gasteiger partial charge in [0.15, 0.2) is 0 Å². The smallest absolute Gasteiger partial charge is 0.107 e. The quantitative estimate of drug-likeness (QED) is 0.768. The summed E-state index contributed by atoms with van der Waals surface area (Å²) in [7, 11) is 0. The van der Waals surface area contributed by atoms with Crippen molar-refractivity contribution < 1.29 is 0 Å². The van der Waals surface area contributed by atoms with Gasteiger partial charge < -0.3 is 9.97 Å². The predicted molar refractivity (Wildman–Crippen MR) is 52.3 cm³/mol. The molecule has 14 heavy (non-hydrogen) atoms. The van der Waals surface area contributed by atoms with Gasteiger partial charge in [0.1, 0.15) is 5.82 Å². The molecule has 4 heteroatoms. The molecule has 0 fully saturated rings. The van der Waals surface area contributed by atoms with E-state index in [4.69, 9.17) is 5.26 Å². The zero-order chi connectivity index (χ0) is 9.80. The minimum Gasteiger partial charge on any atom is -0.360 e. The maximum Gasteiger partial charge on any atom is 0.107 e. The molecule has 0 amide bonds. The molecule has 0 aliphatic rings. The lowest BCUT2D eigenvalue weighted by Gasteiger charge is -1.91. The van der Waals surface area contributed by atoms with Crippen molar-refractivity contribution in [3.8, 4) is 17.5 Å². The van der Waals surface area contributed by atoms with Gasteiger partial charge in [0.25, 0.3) is 0 Å². The second-order valence-electron chi connectivity index (χ2n) is 2.99. The van der Waals surface area contributed by atoms with E-state index in [1.807, 2.05) is 18.3 Å².